The first kappa shape index (κ1) is 24.6. The Bertz CT molecular complexity index is 1980. The minimum atomic E-state index is -0.761. The van der Waals surface area contributed by atoms with Crippen molar-refractivity contribution in [2.75, 3.05) is 5.32 Å². The summed E-state index contributed by atoms with van der Waals surface area (Å²) in [5.41, 5.74) is 8.09. The molecule has 0 fully saturated rings. The number of H-pyrrole nitrogens is 2. The van der Waals surface area contributed by atoms with Crippen LogP contribution in [0, 0.1) is 5.82 Å². The molecule has 7 rings (SSSR count). The molecule has 4 N–H and O–H groups in total. The number of hydrogen-bond donors (Lipinski definition) is 4. The lowest BCUT2D eigenvalue weighted by Gasteiger charge is -2.14. The zero-order valence-corrected chi connectivity index (χ0v) is 21.7. The quantitative estimate of drug-likeness (QED) is 0.175. The Morgan fingerprint density at radius 3 is 2.54 bits per heavy atom. The smallest absolute Gasteiger partial charge is 0.181 e. The highest BCUT2D eigenvalue weighted by Crippen LogP contribution is 2.33. The van der Waals surface area contributed by atoms with Gasteiger partial charge in [0.05, 0.1) is 28.3 Å². The van der Waals surface area contributed by atoms with Gasteiger partial charge in [0.25, 0.3) is 0 Å². The fourth-order valence-electron chi connectivity index (χ4n) is 5.01. The molecule has 1 unspecified atom stereocenters. The first-order chi connectivity index (χ1) is 20.1. The van der Waals surface area contributed by atoms with Gasteiger partial charge in [-0.3, -0.25) is 10.1 Å². The van der Waals surface area contributed by atoms with Crippen LogP contribution in [0.5, 0.6) is 0 Å². The molecule has 4 heterocycles. The summed E-state index contributed by atoms with van der Waals surface area (Å²) in [6.07, 6.45) is 4.90. The highest BCUT2D eigenvalue weighted by Gasteiger charge is 2.16. The molecule has 9 heteroatoms. The summed E-state index contributed by atoms with van der Waals surface area (Å²) < 4.78 is 13.5. The molecule has 7 aromatic rings. The summed E-state index contributed by atoms with van der Waals surface area (Å²) >= 11 is 0. The van der Waals surface area contributed by atoms with Crippen molar-refractivity contribution < 1.29 is 9.50 Å². The molecule has 0 aliphatic carbocycles. The zero-order chi connectivity index (χ0) is 27.8. The van der Waals surface area contributed by atoms with Gasteiger partial charge in [-0.1, -0.05) is 54.6 Å². The molecule has 0 saturated carbocycles. The van der Waals surface area contributed by atoms with Crippen LogP contribution >= 0.6 is 0 Å². The summed E-state index contributed by atoms with van der Waals surface area (Å²) in [6, 6.07) is 26.0. The number of rotatable bonds is 7. The number of aromatic amines is 2. The molecule has 0 bridgehead atoms. The van der Waals surface area contributed by atoms with E-state index in [1.807, 2.05) is 60.7 Å². The summed E-state index contributed by atoms with van der Waals surface area (Å²) in [5, 5.41) is 22.0. The summed E-state index contributed by atoms with van der Waals surface area (Å²) in [4.78, 5) is 17.2. The van der Waals surface area contributed by atoms with Crippen molar-refractivity contribution in [2.45, 2.75) is 12.6 Å². The van der Waals surface area contributed by atoms with Crippen molar-refractivity contribution in [1.82, 2.24) is 30.1 Å². The van der Waals surface area contributed by atoms with Gasteiger partial charge in [-0.2, -0.15) is 5.10 Å². The van der Waals surface area contributed by atoms with E-state index in [1.54, 1.807) is 30.7 Å². The van der Waals surface area contributed by atoms with Gasteiger partial charge in [0.1, 0.15) is 17.7 Å². The fourth-order valence-corrected chi connectivity index (χ4v) is 5.01. The largest absolute Gasteiger partial charge is 0.373 e. The Morgan fingerprint density at radius 2 is 1.68 bits per heavy atom. The van der Waals surface area contributed by atoms with Crippen LogP contribution in [0.3, 0.4) is 0 Å². The van der Waals surface area contributed by atoms with E-state index in [4.69, 9.17) is 4.98 Å². The van der Waals surface area contributed by atoms with Gasteiger partial charge in [0, 0.05) is 35.5 Å². The van der Waals surface area contributed by atoms with Crippen molar-refractivity contribution >= 4 is 27.8 Å². The number of pyridine rings is 2. The number of hydrogen-bond acceptors (Lipinski definition) is 6. The van der Waals surface area contributed by atoms with E-state index in [1.165, 1.54) is 12.1 Å². The Morgan fingerprint density at radius 1 is 0.854 bits per heavy atom. The van der Waals surface area contributed by atoms with Crippen molar-refractivity contribution in [3.63, 3.8) is 0 Å². The highest BCUT2D eigenvalue weighted by atomic mass is 19.1. The van der Waals surface area contributed by atoms with Gasteiger partial charge >= 0.3 is 0 Å². The maximum atomic E-state index is 13.5. The number of aromatic nitrogens is 6. The third-order valence-electron chi connectivity index (χ3n) is 6.99. The summed E-state index contributed by atoms with van der Waals surface area (Å²) in [5.74, 6) is 0.337. The number of fused-ring (bicyclic) bond motifs is 2. The molecule has 41 heavy (non-hydrogen) atoms. The molecule has 200 valence electrons. The molecule has 0 amide bonds. The lowest BCUT2D eigenvalue weighted by molar-refractivity contribution is 0.204. The molecule has 3 aromatic carbocycles. The van der Waals surface area contributed by atoms with Gasteiger partial charge in [-0.15, -0.1) is 0 Å². The van der Waals surface area contributed by atoms with Crippen LogP contribution in [0.15, 0.2) is 104 Å². The number of benzene rings is 3. The normalized spacial score (nSPS) is 12.1. The van der Waals surface area contributed by atoms with Gasteiger partial charge in [-0.05, 0) is 41.5 Å². The summed E-state index contributed by atoms with van der Waals surface area (Å²) in [6.45, 7) is 0. The highest BCUT2D eigenvalue weighted by molar-refractivity contribution is 5.97. The van der Waals surface area contributed by atoms with Crippen LogP contribution in [0.1, 0.15) is 5.56 Å². The first-order valence-electron chi connectivity index (χ1n) is 13.1. The molecule has 8 nitrogen and oxygen atoms in total. The van der Waals surface area contributed by atoms with Gasteiger partial charge in [0.2, 0.25) is 0 Å². The minimum absolute atomic E-state index is 0.282. The van der Waals surface area contributed by atoms with Crippen molar-refractivity contribution in [3.05, 3.63) is 115 Å². The predicted octanol–water partition coefficient (Wildman–Crippen LogP) is 6.34. The van der Waals surface area contributed by atoms with Crippen molar-refractivity contribution in [1.29, 1.82) is 0 Å². The molecule has 0 aliphatic rings. The molecule has 0 saturated heterocycles. The number of nitrogens with zero attached hydrogens (tertiary/aromatic N) is 4. The second-order valence-corrected chi connectivity index (χ2v) is 9.80. The molecule has 0 spiro atoms. The number of para-hydroxylation sites is 1. The SMILES string of the molecule is OC(Cc1ccccc1)Nc1cncc(-c2cnc3n[nH]c(-c4nc5c(-c6ccc(F)cc6)cccc5[nH]4)c3c2)c1. The number of halogens is 1. The van der Waals surface area contributed by atoms with E-state index in [9.17, 15) is 9.50 Å². The van der Waals surface area contributed by atoms with E-state index in [0.717, 1.165) is 44.2 Å². The number of imidazole rings is 1. The van der Waals surface area contributed by atoms with E-state index in [2.05, 4.69) is 30.5 Å². The second kappa shape index (κ2) is 10.3. The molecule has 4 aromatic heterocycles. The van der Waals surface area contributed by atoms with Crippen molar-refractivity contribution in [2.24, 2.45) is 0 Å². The van der Waals surface area contributed by atoms with Crippen LogP contribution in [0.4, 0.5) is 10.1 Å². The van der Waals surface area contributed by atoms with Crippen LogP contribution in [-0.2, 0) is 6.42 Å². The average Bonchev–Trinajstić information content (AvgIpc) is 3.62. The Kier molecular flexibility index (Phi) is 6.18. The maximum absolute atomic E-state index is 13.5. The second-order valence-electron chi connectivity index (χ2n) is 9.80. The standard InChI is InChI=1S/C32H24FN7O/c33-23-11-9-20(10-12-23)25-7-4-8-27-29(25)38-32(37-27)30-26-15-22(17-35-31(26)40-39-30)21-14-24(18-34-16-21)36-28(41)13-19-5-2-1-3-6-19/h1-12,14-18,28,36,41H,13H2,(H,37,38)(H,35,39,40). The van der Waals surface area contributed by atoms with Gasteiger partial charge in [0.15, 0.2) is 11.5 Å². The molecule has 0 aliphatic heterocycles. The molecular weight excluding hydrogens is 517 g/mol. The Hall–Kier alpha value is -5.41. The van der Waals surface area contributed by atoms with E-state index >= 15 is 0 Å². The number of anilines is 1. The molecule has 1 atom stereocenters. The monoisotopic (exact) mass is 541 g/mol. The number of nitrogens with one attached hydrogen (secondary N) is 3. The van der Waals surface area contributed by atoms with E-state index in [-0.39, 0.29) is 5.82 Å². The van der Waals surface area contributed by atoms with Gasteiger partial charge in [-0.25, -0.2) is 14.4 Å². The Labute approximate surface area is 234 Å². The fraction of sp³-hybridized carbons (Fsp3) is 0.0625. The third-order valence-corrected chi connectivity index (χ3v) is 6.99. The van der Waals surface area contributed by atoms with Crippen LogP contribution in [-0.4, -0.2) is 41.5 Å². The maximum Gasteiger partial charge on any atom is 0.181 e. The molecular formula is C32H24FN7O. The van der Waals surface area contributed by atoms with Crippen molar-refractivity contribution in [3.8, 4) is 33.8 Å². The van der Waals surface area contributed by atoms with E-state index in [0.29, 0.717) is 29.3 Å². The number of aliphatic hydroxyl groups is 1. The van der Waals surface area contributed by atoms with Crippen LogP contribution < -0.4 is 5.32 Å². The number of aliphatic hydroxyl groups excluding tert-OH is 1. The topological polar surface area (TPSA) is 115 Å². The third kappa shape index (κ3) is 4.90. The minimum Gasteiger partial charge on any atom is -0.373 e. The van der Waals surface area contributed by atoms with E-state index < -0.39 is 6.23 Å². The predicted molar refractivity (Wildman–Crippen MR) is 157 cm³/mol. The Balaban J connectivity index is 1.20. The lowest BCUT2D eigenvalue weighted by atomic mass is 10.0. The van der Waals surface area contributed by atoms with Crippen LogP contribution in [0.2, 0.25) is 0 Å². The van der Waals surface area contributed by atoms with Gasteiger partial charge < -0.3 is 15.4 Å². The zero-order valence-electron chi connectivity index (χ0n) is 21.7. The average molecular weight is 542 g/mol. The first-order valence-corrected chi connectivity index (χ1v) is 13.1. The lowest BCUT2D eigenvalue weighted by Crippen LogP contribution is -2.21. The van der Waals surface area contributed by atoms with Crippen LogP contribution in [0.25, 0.3) is 55.8 Å². The summed E-state index contributed by atoms with van der Waals surface area (Å²) in [7, 11) is 0. The molecule has 0 radical (unpaired) electrons.